The number of rotatable bonds is 6. The lowest BCUT2D eigenvalue weighted by atomic mass is 9.90. The van der Waals surface area contributed by atoms with Gasteiger partial charge in [0.15, 0.2) is 5.54 Å². The molecule has 1 amide bonds. The van der Waals surface area contributed by atoms with Crippen molar-refractivity contribution in [1.29, 1.82) is 5.41 Å². The number of thiol groups is 1. The Balaban J connectivity index is 3.52. The van der Waals surface area contributed by atoms with Gasteiger partial charge in [-0.15, -0.1) is 12.6 Å². The van der Waals surface area contributed by atoms with E-state index in [-0.39, 0.29) is 6.42 Å². The van der Waals surface area contributed by atoms with Crippen molar-refractivity contribution in [3.63, 3.8) is 0 Å². The summed E-state index contributed by atoms with van der Waals surface area (Å²) >= 11 is 4.22. The Morgan fingerprint density at radius 1 is 1.33 bits per heavy atom. The fourth-order valence-corrected chi connectivity index (χ4v) is 4.02. The van der Waals surface area contributed by atoms with E-state index in [4.69, 9.17) is 5.41 Å². The number of hydrogen-bond acceptors (Lipinski definition) is 4. The van der Waals surface area contributed by atoms with Crippen molar-refractivity contribution in [3.8, 4) is 0 Å². The van der Waals surface area contributed by atoms with E-state index in [9.17, 15) is 22.4 Å². The third kappa shape index (κ3) is 2.94. The van der Waals surface area contributed by atoms with Crippen molar-refractivity contribution < 1.29 is 22.4 Å². The average Bonchev–Trinajstić information content (AvgIpc) is 2.66. The van der Waals surface area contributed by atoms with Crippen molar-refractivity contribution in [1.82, 2.24) is 9.80 Å². The molecule has 9 heteroatoms. The van der Waals surface area contributed by atoms with Crippen LogP contribution in [-0.2, 0) is 4.79 Å². The Kier molecular flexibility index (Phi) is 6.03. The van der Waals surface area contributed by atoms with E-state index in [1.54, 1.807) is 6.92 Å². The molecular formula is C15H25F4N3OS. The molecule has 1 aliphatic heterocycles. The predicted molar refractivity (Wildman–Crippen MR) is 88.0 cm³/mol. The number of nitrogens with one attached hydrogen (secondary N) is 1. The minimum atomic E-state index is -4.96. The highest BCUT2D eigenvalue weighted by Crippen LogP contribution is 2.48. The molecule has 0 spiro atoms. The highest BCUT2D eigenvalue weighted by molar-refractivity contribution is 7.80. The number of alkyl halides is 4. The molecule has 4 atom stereocenters. The number of amides is 1. The quantitative estimate of drug-likeness (QED) is 0.426. The van der Waals surface area contributed by atoms with E-state index >= 15 is 0 Å². The van der Waals surface area contributed by atoms with Crippen LogP contribution in [0.25, 0.3) is 0 Å². The Bertz CT molecular complexity index is 500. The topological polar surface area (TPSA) is 47.4 Å². The summed E-state index contributed by atoms with van der Waals surface area (Å²) < 4.78 is 55.7. The summed E-state index contributed by atoms with van der Waals surface area (Å²) in [7, 11) is 0. The molecule has 0 radical (unpaired) electrons. The molecule has 1 N–H and O–H groups in total. The molecule has 1 heterocycles. The zero-order valence-corrected chi connectivity index (χ0v) is 15.4. The Morgan fingerprint density at radius 3 is 2.17 bits per heavy atom. The maximum absolute atomic E-state index is 14.4. The molecule has 1 fully saturated rings. The molecule has 1 aliphatic rings. The van der Waals surface area contributed by atoms with Crippen LogP contribution in [0.1, 0.15) is 47.5 Å². The van der Waals surface area contributed by atoms with E-state index < -0.39 is 40.9 Å². The maximum Gasteiger partial charge on any atom is 0.414 e. The standard InChI is InChI=1S/C15H25F4N3OS/c1-6-9(8-20)21-12(24)22(11(23)13(21,3)4)14(5,10(16)7-2)15(17,18)19/h8-10,12,20,24H,6-7H2,1-5H3. The van der Waals surface area contributed by atoms with E-state index in [2.05, 4.69) is 12.6 Å². The first-order valence-corrected chi connectivity index (χ1v) is 8.35. The van der Waals surface area contributed by atoms with Gasteiger partial charge in [-0.3, -0.25) is 14.6 Å². The van der Waals surface area contributed by atoms with Crippen molar-refractivity contribution in [2.24, 2.45) is 0 Å². The van der Waals surface area contributed by atoms with Crippen LogP contribution in [0.4, 0.5) is 17.6 Å². The van der Waals surface area contributed by atoms with Crippen molar-refractivity contribution in [2.45, 2.75) is 82.4 Å². The van der Waals surface area contributed by atoms with E-state index in [1.807, 2.05) is 0 Å². The fraction of sp³-hybridized carbons (Fsp3) is 0.867. The molecule has 24 heavy (non-hydrogen) atoms. The predicted octanol–water partition coefficient (Wildman–Crippen LogP) is 3.62. The fourth-order valence-electron chi connectivity index (χ4n) is 3.22. The average molecular weight is 371 g/mol. The minimum Gasteiger partial charge on any atom is -0.311 e. The highest BCUT2D eigenvalue weighted by atomic mass is 32.1. The van der Waals surface area contributed by atoms with Crippen LogP contribution in [0.15, 0.2) is 0 Å². The minimum absolute atomic E-state index is 0.386. The summed E-state index contributed by atoms with van der Waals surface area (Å²) in [6.45, 7) is 6.71. The molecular weight excluding hydrogens is 346 g/mol. The van der Waals surface area contributed by atoms with Crippen molar-refractivity contribution in [2.75, 3.05) is 0 Å². The molecule has 0 aromatic rings. The van der Waals surface area contributed by atoms with Gasteiger partial charge in [-0.05, 0) is 33.6 Å². The normalized spacial score (nSPS) is 27.0. The third-order valence-corrected chi connectivity index (χ3v) is 5.36. The van der Waals surface area contributed by atoms with Gasteiger partial charge in [0.1, 0.15) is 11.7 Å². The Labute approximate surface area is 145 Å². The zero-order chi connectivity index (χ0) is 19.1. The molecule has 0 aromatic carbocycles. The summed E-state index contributed by atoms with van der Waals surface area (Å²) in [6, 6.07) is -0.575. The van der Waals surface area contributed by atoms with Crippen LogP contribution in [0.5, 0.6) is 0 Å². The SMILES string of the molecule is CCC(C=N)N1C(S)N(C(C)(C(F)CC)C(F)(F)F)C(=O)C1(C)C. The van der Waals surface area contributed by atoms with Gasteiger partial charge in [-0.1, -0.05) is 13.8 Å². The Hall–Kier alpha value is -0.830. The molecule has 1 rings (SSSR count). The van der Waals surface area contributed by atoms with E-state index in [0.29, 0.717) is 18.2 Å². The molecule has 0 aliphatic carbocycles. The lowest BCUT2D eigenvalue weighted by Crippen LogP contribution is -2.65. The van der Waals surface area contributed by atoms with Gasteiger partial charge in [0.2, 0.25) is 5.91 Å². The molecule has 0 aromatic heterocycles. The first-order chi connectivity index (χ1) is 10.8. The summed E-state index contributed by atoms with van der Waals surface area (Å²) in [4.78, 5) is 14.7. The third-order valence-electron chi connectivity index (χ3n) is 4.88. The molecule has 4 unspecified atom stereocenters. The largest absolute Gasteiger partial charge is 0.414 e. The molecule has 0 saturated carbocycles. The first kappa shape index (κ1) is 21.2. The molecule has 1 saturated heterocycles. The summed E-state index contributed by atoms with van der Waals surface area (Å²) in [5.41, 5.74) is -5.60. The number of nitrogens with zero attached hydrogens (tertiary/aromatic N) is 2. The number of carbonyl (C=O) groups is 1. The summed E-state index contributed by atoms with van der Waals surface area (Å²) in [5.74, 6) is -0.848. The van der Waals surface area contributed by atoms with Crippen LogP contribution < -0.4 is 0 Å². The van der Waals surface area contributed by atoms with E-state index in [1.165, 1.54) is 25.7 Å². The van der Waals surface area contributed by atoms with Gasteiger partial charge in [-0.2, -0.15) is 13.2 Å². The van der Waals surface area contributed by atoms with Gasteiger partial charge in [-0.25, -0.2) is 4.39 Å². The molecule has 0 bridgehead atoms. The van der Waals surface area contributed by atoms with Gasteiger partial charge >= 0.3 is 6.18 Å². The maximum atomic E-state index is 14.4. The van der Waals surface area contributed by atoms with Crippen LogP contribution >= 0.6 is 12.6 Å². The van der Waals surface area contributed by atoms with Crippen LogP contribution in [0.2, 0.25) is 0 Å². The second kappa shape index (κ2) is 6.82. The smallest absolute Gasteiger partial charge is 0.311 e. The van der Waals surface area contributed by atoms with Crippen LogP contribution in [-0.4, -0.2) is 56.9 Å². The monoisotopic (exact) mass is 371 g/mol. The number of hydrogen-bond donors (Lipinski definition) is 2. The zero-order valence-electron chi connectivity index (χ0n) is 14.5. The highest BCUT2D eigenvalue weighted by Gasteiger charge is 2.68. The van der Waals surface area contributed by atoms with Gasteiger partial charge < -0.3 is 5.41 Å². The van der Waals surface area contributed by atoms with Gasteiger partial charge in [0.25, 0.3) is 0 Å². The van der Waals surface area contributed by atoms with Gasteiger partial charge in [0.05, 0.1) is 5.54 Å². The van der Waals surface area contributed by atoms with Crippen LogP contribution in [0.3, 0.4) is 0 Å². The van der Waals surface area contributed by atoms with Crippen molar-refractivity contribution >= 4 is 24.8 Å². The molecule has 4 nitrogen and oxygen atoms in total. The van der Waals surface area contributed by atoms with Gasteiger partial charge in [0, 0.05) is 12.3 Å². The van der Waals surface area contributed by atoms with Crippen molar-refractivity contribution in [3.05, 3.63) is 0 Å². The molecule has 140 valence electrons. The second-order valence-electron chi connectivity index (χ2n) is 6.65. The summed E-state index contributed by atoms with van der Waals surface area (Å²) in [5, 5.41) is 7.50. The first-order valence-electron chi connectivity index (χ1n) is 7.83. The van der Waals surface area contributed by atoms with Crippen LogP contribution in [0, 0.1) is 5.41 Å². The van der Waals surface area contributed by atoms with E-state index in [0.717, 1.165) is 6.21 Å². The Morgan fingerprint density at radius 2 is 1.83 bits per heavy atom. The lowest BCUT2D eigenvalue weighted by Gasteiger charge is -2.44. The number of halogens is 4. The second-order valence-corrected chi connectivity index (χ2v) is 7.11. The summed E-state index contributed by atoms with van der Waals surface area (Å²) in [6.07, 6.45) is -6.15. The lowest BCUT2D eigenvalue weighted by molar-refractivity contribution is -0.245. The number of carbonyl (C=O) groups excluding carboxylic acids is 1.